The summed E-state index contributed by atoms with van der Waals surface area (Å²) in [6, 6.07) is 6.07. The van der Waals surface area contributed by atoms with E-state index in [9.17, 15) is 9.59 Å². The fraction of sp³-hybridized carbons (Fsp3) is 0.550. The van der Waals surface area contributed by atoms with Crippen molar-refractivity contribution in [1.29, 1.82) is 0 Å². The molecule has 2 amide bonds. The van der Waals surface area contributed by atoms with Gasteiger partial charge in [-0.2, -0.15) is 0 Å². The van der Waals surface area contributed by atoms with Crippen LogP contribution in [0.2, 0.25) is 4.71 Å². The number of anilines is 1. The SMILES string of the molecule is CC1C([AsH]c2ccc3c(c2)N2C(=NNC(=O)[C@H]2C)CO3)CN1C(=O)OC(C)(C)C. The number of likely N-dealkylation sites (tertiary alicyclic amines) is 1. The molecule has 0 aliphatic carbocycles. The van der Waals surface area contributed by atoms with E-state index in [2.05, 4.69) is 29.6 Å². The van der Waals surface area contributed by atoms with E-state index < -0.39 is 21.4 Å². The number of hydrazone groups is 1. The van der Waals surface area contributed by atoms with Crippen molar-refractivity contribution in [3.05, 3.63) is 18.2 Å². The molecule has 9 heteroatoms. The summed E-state index contributed by atoms with van der Waals surface area (Å²) in [5, 5.41) is 4.14. The number of nitrogens with one attached hydrogen (secondary N) is 1. The van der Waals surface area contributed by atoms with Crippen LogP contribution in [0.5, 0.6) is 5.75 Å². The fourth-order valence-electron chi connectivity index (χ4n) is 3.67. The number of hydrogen-bond acceptors (Lipinski definition) is 6. The second-order valence-corrected chi connectivity index (χ2v) is 12.0. The Kier molecular flexibility index (Phi) is 5.01. The Morgan fingerprint density at radius 1 is 1.34 bits per heavy atom. The molecule has 0 spiro atoms. The van der Waals surface area contributed by atoms with Crippen molar-refractivity contribution >= 4 is 43.6 Å². The maximum absolute atomic E-state index is 12.3. The fourth-order valence-corrected chi connectivity index (χ4v) is 6.89. The first-order valence-electron chi connectivity index (χ1n) is 9.83. The van der Waals surface area contributed by atoms with Gasteiger partial charge in [0.15, 0.2) is 0 Å². The number of nitrogens with zero attached hydrogens (tertiary/aromatic N) is 3. The van der Waals surface area contributed by atoms with Crippen molar-refractivity contribution in [3.8, 4) is 5.75 Å². The Morgan fingerprint density at radius 2 is 2.10 bits per heavy atom. The Hall–Kier alpha value is -2.21. The zero-order valence-electron chi connectivity index (χ0n) is 17.4. The van der Waals surface area contributed by atoms with E-state index in [0.29, 0.717) is 11.3 Å². The third-order valence-electron chi connectivity index (χ3n) is 5.36. The van der Waals surface area contributed by atoms with E-state index in [0.717, 1.165) is 23.8 Å². The van der Waals surface area contributed by atoms with Crippen LogP contribution in [-0.4, -0.2) is 69.3 Å². The van der Waals surface area contributed by atoms with Gasteiger partial charge in [-0.3, -0.25) is 0 Å². The van der Waals surface area contributed by atoms with Crippen LogP contribution >= 0.6 is 0 Å². The summed E-state index contributed by atoms with van der Waals surface area (Å²) in [7, 11) is 0. The number of carbonyl (C=O) groups excluding carboxylic acids is 2. The number of carbonyl (C=O) groups is 2. The Morgan fingerprint density at radius 3 is 2.79 bits per heavy atom. The summed E-state index contributed by atoms with van der Waals surface area (Å²) in [6.07, 6.45) is -0.235. The average molecular weight is 462 g/mol. The van der Waals surface area contributed by atoms with Gasteiger partial charge in [0, 0.05) is 0 Å². The van der Waals surface area contributed by atoms with Gasteiger partial charge in [0.05, 0.1) is 0 Å². The molecule has 0 radical (unpaired) electrons. The molecular formula is C20H27AsN4O4. The summed E-state index contributed by atoms with van der Waals surface area (Å²) < 4.78 is 13.1. The van der Waals surface area contributed by atoms with Gasteiger partial charge in [0.25, 0.3) is 0 Å². The van der Waals surface area contributed by atoms with Crippen LogP contribution in [0.15, 0.2) is 23.3 Å². The molecule has 1 saturated heterocycles. The van der Waals surface area contributed by atoms with Gasteiger partial charge in [0.1, 0.15) is 0 Å². The molecule has 3 aliphatic heterocycles. The van der Waals surface area contributed by atoms with Crippen molar-refractivity contribution in [3.63, 3.8) is 0 Å². The van der Waals surface area contributed by atoms with Gasteiger partial charge in [-0.05, 0) is 0 Å². The van der Waals surface area contributed by atoms with E-state index in [4.69, 9.17) is 9.47 Å². The zero-order valence-corrected chi connectivity index (χ0v) is 19.5. The number of ether oxygens (including phenoxy) is 2. The van der Waals surface area contributed by atoms with Crippen LogP contribution in [-0.2, 0) is 9.53 Å². The van der Waals surface area contributed by atoms with Crippen molar-refractivity contribution < 1.29 is 19.1 Å². The molecule has 3 unspecified atom stereocenters. The van der Waals surface area contributed by atoms with Crippen LogP contribution in [0.3, 0.4) is 0 Å². The molecule has 156 valence electrons. The summed E-state index contributed by atoms with van der Waals surface area (Å²) in [6.45, 7) is 10.7. The standard InChI is InChI=1S/C20H27AsN4O4/c1-11-14(9-24(11)19(27)29-20(3,4)5)21-13-6-7-16-15(8-13)25-12(2)18(26)23-22-17(25)10-28-16/h6-8,11-12,14,21H,9-10H2,1-5H3,(H,23,26)/t11?,12-,14?/m1/s1. The Balaban J connectivity index is 1.47. The van der Waals surface area contributed by atoms with E-state index in [1.165, 1.54) is 4.35 Å². The van der Waals surface area contributed by atoms with Crippen LogP contribution < -0.4 is 19.4 Å². The number of amides is 2. The molecule has 0 aromatic heterocycles. The number of hydrogen-bond donors (Lipinski definition) is 1. The molecule has 0 bridgehead atoms. The van der Waals surface area contributed by atoms with Crippen molar-refractivity contribution in [2.75, 3.05) is 18.1 Å². The minimum absolute atomic E-state index is 0.122. The number of benzene rings is 1. The van der Waals surface area contributed by atoms with Gasteiger partial charge in [-0.1, -0.05) is 0 Å². The topological polar surface area (TPSA) is 83.5 Å². The van der Waals surface area contributed by atoms with Crippen LogP contribution in [0.25, 0.3) is 0 Å². The Bertz CT molecular complexity index is 882. The number of rotatable bonds is 2. The summed E-state index contributed by atoms with van der Waals surface area (Å²) >= 11 is -0.475. The summed E-state index contributed by atoms with van der Waals surface area (Å²) in [5.74, 6) is 1.37. The maximum atomic E-state index is 12.3. The number of amidine groups is 1. The van der Waals surface area contributed by atoms with E-state index in [1.54, 1.807) is 0 Å². The van der Waals surface area contributed by atoms with Gasteiger partial charge in [-0.25, -0.2) is 0 Å². The first-order valence-corrected chi connectivity index (χ1v) is 12.1. The monoisotopic (exact) mass is 462 g/mol. The second-order valence-electron chi connectivity index (χ2n) is 8.65. The molecule has 3 aliphatic rings. The van der Waals surface area contributed by atoms with Crippen LogP contribution in [0.1, 0.15) is 34.6 Å². The molecule has 1 aromatic rings. The Labute approximate surface area is 177 Å². The van der Waals surface area contributed by atoms with E-state index in [1.807, 2.05) is 43.6 Å². The van der Waals surface area contributed by atoms with Gasteiger partial charge >= 0.3 is 177 Å². The molecule has 4 rings (SSSR count). The summed E-state index contributed by atoms with van der Waals surface area (Å²) in [4.78, 5) is 28.2. The molecule has 0 saturated carbocycles. The van der Waals surface area contributed by atoms with Crippen molar-refractivity contribution in [2.45, 2.75) is 57.0 Å². The zero-order chi connectivity index (χ0) is 20.9. The average Bonchev–Trinajstić information content (AvgIpc) is 2.65. The third-order valence-corrected chi connectivity index (χ3v) is 8.89. The normalized spacial score (nSPS) is 26.2. The molecular weight excluding hydrogens is 435 g/mol. The molecule has 1 fully saturated rings. The predicted molar refractivity (Wildman–Crippen MR) is 112 cm³/mol. The predicted octanol–water partition coefficient (Wildman–Crippen LogP) is 1.21. The van der Waals surface area contributed by atoms with Gasteiger partial charge in [-0.15, -0.1) is 0 Å². The van der Waals surface area contributed by atoms with Crippen LogP contribution in [0, 0.1) is 0 Å². The molecule has 3 heterocycles. The first-order chi connectivity index (χ1) is 13.6. The van der Waals surface area contributed by atoms with Crippen molar-refractivity contribution in [2.24, 2.45) is 5.10 Å². The van der Waals surface area contributed by atoms with Gasteiger partial charge in [0.2, 0.25) is 0 Å². The molecule has 29 heavy (non-hydrogen) atoms. The molecule has 1 N–H and O–H groups in total. The van der Waals surface area contributed by atoms with Crippen LogP contribution in [0.4, 0.5) is 10.5 Å². The summed E-state index contributed by atoms with van der Waals surface area (Å²) in [5.41, 5.74) is 2.97. The van der Waals surface area contributed by atoms with E-state index >= 15 is 0 Å². The van der Waals surface area contributed by atoms with Crippen molar-refractivity contribution in [1.82, 2.24) is 10.3 Å². The third kappa shape index (κ3) is 3.82. The molecule has 8 nitrogen and oxygen atoms in total. The van der Waals surface area contributed by atoms with Gasteiger partial charge < -0.3 is 0 Å². The molecule has 4 atom stereocenters. The molecule has 1 aromatic carbocycles. The minimum atomic E-state index is -0.479. The first kappa shape index (κ1) is 20.1. The second kappa shape index (κ2) is 7.24. The van der Waals surface area contributed by atoms with E-state index in [-0.39, 0.29) is 24.1 Å². The number of fused-ring (bicyclic) bond motifs is 3. The quantitative estimate of drug-likeness (QED) is 0.669.